The third-order valence-corrected chi connectivity index (χ3v) is 12.8. The Kier molecular flexibility index (Phi) is 6.17. The molecule has 0 unspecified atom stereocenters. The standard InChI is InChI=1S/C51H30N2S/c1-5-15-42-35(11-1)36-12-2-6-16-43(36)51(42)44-17-7-3-13-37(44)40-29-41-39(30-45(40)51)38-14-4-8-18-46(38)52-49(41)33-25-21-31(22-26-33)32-23-27-34(28-24-32)50-53-47-19-9-10-20-48(47)54-50/h1-30H. The highest BCUT2D eigenvalue weighted by molar-refractivity contribution is 7.21. The highest BCUT2D eigenvalue weighted by Crippen LogP contribution is 2.63. The Labute approximate surface area is 316 Å². The van der Waals surface area contributed by atoms with E-state index >= 15 is 0 Å². The summed E-state index contributed by atoms with van der Waals surface area (Å²) in [5, 5.41) is 4.63. The van der Waals surface area contributed by atoms with Crippen LogP contribution in [0.2, 0.25) is 0 Å². The monoisotopic (exact) mass is 702 g/mol. The lowest BCUT2D eigenvalue weighted by Crippen LogP contribution is -2.25. The maximum Gasteiger partial charge on any atom is 0.124 e. The first-order chi connectivity index (χ1) is 26.8. The van der Waals surface area contributed by atoms with Gasteiger partial charge in [-0.2, -0.15) is 0 Å². The lowest BCUT2D eigenvalue weighted by Gasteiger charge is -2.30. The Morgan fingerprint density at radius 2 is 0.870 bits per heavy atom. The van der Waals surface area contributed by atoms with Crippen molar-refractivity contribution in [3.63, 3.8) is 0 Å². The lowest BCUT2D eigenvalue weighted by molar-refractivity contribution is 0.795. The van der Waals surface area contributed by atoms with Gasteiger partial charge in [-0.25, -0.2) is 9.97 Å². The van der Waals surface area contributed by atoms with Gasteiger partial charge in [0.05, 0.1) is 26.8 Å². The maximum absolute atomic E-state index is 5.38. The molecular weight excluding hydrogens is 673 g/mol. The van der Waals surface area contributed by atoms with Crippen LogP contribution in [-0.2, 0) is 5.41 Å². The summed E-state index contributed by atoms with van der Waals surface area (Å²) in [4.78, 5) is 10.2. The van der Waals surface area contributed by atoms with Gasteiger partial charge in [0.25, 0.3) is 0 Å². The maximum atomic E-state index is 5.38. The number of hydrogen-bond acceptors (Lipinski definition) is 3. The second-order valence-electron chi connectivity index (χ2n) is 14.4. The highest BCUT2D eigenvalue weighted by atomic mass is 32.1. The third-order valence-electron chi connectivity index (χ3n) is 11.7. The van der Waals surface area contributed by atoms with E-state index in [1.807, 2.05) is 6.07 Å². The van der Waals surface area contributed by atoms with Crippen LogP contribution in [0, 0.1) is 0 Å². The quantitative estimate of drug-likeness (QED) is 0.171. The number of benzene rings is 8. The molecule has 2 aliphatic carbocycles. The Bertz CT molecular complexity index is 3070. The fourth-order valence-corrected chi connectivity index (χ4v) is 10.3. The van der Waals surface area contributed by atoms with Crippen LogP contribution in [-0.4, -0.2) is 9.97 Å². The van der Waals surface area contributed by atoms with Gasteiger partial charge in [0.15, 0.2) is 0 Å². The Morgan fingerprint density at radius 1 is 0.352 bits per heavy atom. The summed E-state index contributed by atoms with van der Waals surface area (Å²) in [6, 6.07) is 66.7. The van der Waals surface area contributed by atoms with Gasteiger partial charge >= 0.3 is 0 Å². The summed E-state index contributed by atoms with van der Waals surface area (Å²) in [6.07, 6.45) is 0. The van der Waals surface area contributed by atoms with Crippen molar-refractivity contribution >= 4 is 43.2 Å². The van der Waals surface area contributed by atoms with Crippen LogP contribution in [0.15, 0.2) is 182 Å². The first-order valence-electron chi connectivity index (χ1n) is 18.5. The molecular formula is C51H30N2S. The third kappa shape index (κ3) is 4.05. The van der Waals surface area contributed by atoms with Crippen molar-refractivity contribution in [3.05, 3.63) is 204 Å². The molecule has 2 heterocycles. The average Bonchev–Trinajstić information content (AvgIpc) is 3.90. The number of para-hydroxylation sites is 2. The molecule has 0 bridgehead atoms. The van der Waals surface area contributed by atoms with Crippen molar-refractivity contribution in [2.45, 2.75) is 5.41 Å². The molecule has 0 radical (unpaired) electrons. The van der Waals surface area contributed by atoms with E-state index in [1.165, 1.54) is 76.5 Å². The second kappa shape index (κ2) is 11.2. The van der Waals surface area contributed by atoms with Crippen molar-refractivity contribution in [1.82, 2.24) is 9.97 Å². The average molecular weight is 703 g/mol. The van der Waals surface area contributed by atoms with E-state index in [1.54, 1.807) is 11.3 Å². The lowest BCUT2D eigenvalue weighted by atomic mass is 9.70. The molecule has 12 rings (SSSR count). The molecule has 250 valence electrons. The zero-order chi connectivity index (χ0) is 35.4. The molecule has 8 aromatic carbocycles. The minimum atomic E-state index is -0.387. The van der Waals surface area contributed by atoms with E-state index in [4.69, 9.17) is 9.97 Å². The number of rotatable bonds is 3. The van der Waals surface area contributed by atoms with Gasteiger partial charge in [0, 0.05) is 21.9 Å². The summed E-state index contributed by atoms with van der Waals surface area (Å²) in [5.41, 5.74) is 17.9. The topological polar surface area (TPSA) is 25.8 Å². The molecule has 54 heavy (non-hydrogen) atoms. The van der Waals surface area contributed by atoms with Crippen LogP contribution in [0.4, 0.5) is 0 Å². The van der Waals surface area contributed by atoms with Crippen molar-refractivity contribution in [2.75, 3.05) is 0 Å². The van der Waals surface area contributed by atoms with Gasteiger partial charge in [0.1, 0.15) is 5.01 Å². The van der Waals surface area contributed by atoms with E-state index in [2.05, 4.69) is 176 Å². The number of nitrogens with zero attached hydrogens (tertiary/aromatic N) is 2. The van der Waals surface area contributed by atoms with Gasteiger partial charge in [-0.15, -0.1) is 11.3 Å². The predicted molar refractivity (Wildman–Crippen MR) is 225 cm³/mol. The number of fused-ring (bicyclic) bond motifs is 14. The summed E-state index contributed by atoms with van der Waals surface area (Å²) < 4.78 is 1.21. The molecule has 0 fully saturated rings. The number of thiazole rings is 1. The minimum Gasteiger partial charge on any atom is -0.247 e. The number of hydrogen-bond donors (Lipinski definition) is 0. The summed E-state index contributed by atoms with van der Waals surface area (Å²) in [5.74, 6) is 0. The largest absolute Gasteiger partial charge is 0.247 e. The van der Waals surface area contributed by atoms with Gasteiger partial charge < -0.3 is 0 Å². The molecule has 2 aliphatic rings. The Hall–Kier alpha value is -6.68. The van der Waals surface area contributed by atoms with Crippen LogP contribution >= 0.6 is 11.3 Å². The van der Waals surface area contributed by atoms with Crippen LogP contribution < -0.4 is 0 Å². The van der Waals surface area contributed by atoms with Crippen molar-refractivity contribution in [3.8, 4) is 55.2 Å². The smallest absolute Gasteiger partial charge is 0.124 e. The molecule has 0 amide bonds. The summed E-state index contributed by atoms with van der Waals surface area (Å²) in [7, 11) is 0. The molecule has 2 nitrogen and oxygen atoms in total. The van der Waals surface area contributed by atoms with Gasteiger partial charge in [-0.05, 0) is 91.4 Å². The van der Waals surface area contributed by atoms with Gasteiger partial charge in [-0.3, -0.25) is 0 Å². The molecule has 0 N–H and O–H groups in total. The van der Waals surface area contributed by atoms with Gasteiger partial charge in [-0.1, -0.05) is 152 Å². The number of aromatic nitrogens is 2. The van der Waals surface area contributed by atoms with Crippen LogP contribution in [0.25, 0.3) is 87.1 Å². The first kappa shape index (κ1) is 29.9. The normalized spacial score (nSPS) is 13.3. The van der Waals surface area contributed by atoms with Crippen LogP contribution in [0.5, 0.6) is 0 Å². The molecule has 0 saturated carbocycles. The molecule has 3 heteroatoms. The second-order valence-corrected chi connectivity index (χ2v) is 15.5. The minimum absolute atomic E-state index is 0.387. The predicted octanol–water partition coefficient (Wildman–Crippen LogP) is 13.3. The van der Waals surface area contributed by atoms with Crippen molar-refractivity contribution in [1.29, 1.82) is 0 Å². The number of pyridine rings is 1. The van der Waals surface area contributed by atoms with E-state index in [-0.39, 0.29) is 5.41 Å². The Morgan fingerprint density at radius 3 is 1.52 bits per heavy atom. The van der Waals surface area contributed by atoms with E-state index < -0.39 is 0 Å². The van der Waals surface area contributed by atoms with E-state index in [9.17, 15) is 0 Å². The zero-order valence-electron chi connectivity index (χ0n) is 29.1. The van der Waals surface area contributed by atoms with Crippen molar-refractivity contribution in [2.24, 2.45) is 0 Å². The summed E-state index contributed by atoms with van der Waals surface area (Å²) in [6.45, 7) is 0. The van der Waals surface area contributed by atoms with Crippen molar-refractivity contribution < 1.29 is 0 Å². The molecule has 10 aromatic rings. The fraction of sp³-hybridized carbons (Fsp3) is 0.0196. The highest BCUT2D eigenvalue weighted by Gasteiger charge is 2.51. The van der Waals surface area contributed by atoms with E-state index in [0.29, 0.717) is 0 Å². The molecule has 0 atom stereocenters. The molecule has 0 aliphatic heterocycles. The SMILES string of the molecule is c1ccc2c(c1)-c1ccccc1C21c2ccccc2-c2cc3c(-c4ccc(-c5ccc(-c6nc7ccccc7s6)cc5)cc4)nc4ccccc4c3cc21. The fourth-order valence-electron chi connectivity index (χ4n) is 9.38. The van der Waals surface area contributed by atoms with Gasteiger partial charge in [0.2, 0.25) is 0 Å². The van der Waals surface area contributed by atoms with Crippen LogP contribution in [0.1, 0.15) is 22.3 Å². The zero-order valence-corrected chi connectivity index (χ0v) is 29.9. The Balaban J connectivity index is 1.02. The first-order valence-corrected chi connectivity index (χ1v) is 19.3. The molecule has 1 spiro atoms. The van der Waals surface area contributed by atoms with E-state index in [0.717, 1.165) is 32.9 Å². The van der Waals surface area contributed by atoms with Crippen LogP contribution in [0.3, 0.4) is 0 Å². The molecule has 2 aromatic heterocycles. The summed E-state index contributed by atoms with van der Waals surface area (Å²) >= 11 is 1.74. The molecule has 0 saturated heterocycles.